The third kappa shape index (κ3) is 6.66. The molecule has 4 rings (SSSR count). The second kappa shape index (κ2) is 13.0. The van der Waals surface area contributed by atoms with Crippen LogP contribution in [-0.4, -0.2) is 49.4 Å². The Bertz CT molecular complexity index is 1420. The van der Waals surface area contributed by atoms with Crippen LogP contribution >= 0.6 is 11.8 Å². The van der Waals surface area contributed by atoms with Crippen LogP contribution in [0.15, 0.2) is 77.8 Å². The zero-order valence-electron chi connectivity index (χ0n) is 21.3. The number of hydrogen-bond donors (Lipinski definition) is 2. The van der Waals surface area contributed by atoms with E-state index >= 15 is 0 Å². The quantitative estimate of drug-likeness (QED) is 0.258. The molecule has 0 saturated carbocycles. The van der Waals surface area contributed by atoms with Gasteiger partial charge in [0, 0.05) is 41.6 Å². The Morgan fingerprint density at radius 3 is 2.47 bits per heavy atom. The number of nitrogens with one attached hydrogen (secondary N) is 2. The number of halogens is 1. The van der Waals surface area contributed by atoms with Crippen LogP contribution in [0.3, 0.4) is 0 Å². The monoisotopic (exact) mass is 535 g/mol. The minimum absolute atomic E-state index is 0.0262. The van der Waals surface area contributed by atoms with Gasteiger partial charge in [0.15, 0.2) is 11.5 Å². The van der Waals surface area contributed by atoms with Crippen molar-refractivity contribution in [3.63, 3.8) is 0 Å². The minimum atomic E-state index is -0.544. The molecule has 0 saturated heterocycles. The maximum absolute atomic E-state index is 13.9. The van der Waals surface area contributed by atoms with Crippen molar-refractivity contribution in [2.24, 2.45) is 0 Å². The molecule has 0 atom stereocenters. The van der Waals surface area contributed by atoms with E-state index in [-0.39, 0.29) is 17.2 Å². The zero-order chi connectivity index (χ0) is 26.9. The summed E-state index contributed by atoms with van der Waals surface area (Å²) in [6, 6.07) is 19.6. The number of thioether (sulfide) groups is 1. The summed E-state index contributed by atoms with van der Waals surface area (Å²) in [5.74, 6) is 0.572. The minimum Gasteiger partial charge on any atom is -0.493 e. The summed E-state index contributed by atoms with van der Waals surface area (Å²) in [5, 5.41) is 6.79. The molecule has 0 aliphatic rings. The van der Waals surface area contributed by atoms with Crippen LogP contribution in [0, 0.1) is 5.82 Å². The van der Waals surface area contributed by atoms with E-state index < -0.39 is 11.7 Å². The number of carbonyl (C=O) groups is 2. The molecule has 9 heteroatoms. The van der Waals surface area contributed by atoms with Crippen LogP contribution in [0.2, 0.25) is 0 Å². The highest BCUT2D eigenvalue weighted by Crippen LogP contribution is 2.30. The number of carbonyl (C=O) groups excluding carboxylic acids is 2. The number of amides is 2. The molecule has 1 heterocycles. The number of aromatic nitrogens is 1. The molecule has 38 heavy (non-hydrogen) atoms. The Morgan fingerprint density at radius 1 is 0.921 bits per heavy atom. The van der Waals surface area contributed by atoms with Gasteiger partial charge < -0.3 is 24.7 Å². The first kappa shape index (κ1) is 27.1. The fraction of sp³-hybridized carbons (Fsp3) is 0.241. The highest BCUT2D eigenvalue weighted by atomic mass is 32.2. The summed E-state index contributed by atoms with van der Waals surface area (Å²) in [5.41, 5.74) is 2.07. The van der Waals surface area contributed by atoms with E-state index in [9.17, 15) is 14.0 Å². The molecule has 1 aromatic heterocycles. The molecular formula is C29H30FN3O4S. The Morgan fingerprint density at radius 2 is 1.68 bits per heavy atom. The third-order valence-corrected chi connectivity index (χ3v) is 7.09. The molecule has 0 unspecified atom stereocenters. The predicted octanol–water partition coefficient (Wildman–Crippen LogP) is 4.68. The predicted molar refractivity (Wildman–Crippen MR) is 148 cm³/mol. The van der Waals surface area contributed by atoms with Gasteiger partial charge in [-0.3, -0.25) is 9.59 Å². The van der Waals surface area contributed by atoms with Crippen molar-refractivity contribution in [1.29, 1.82) is 0 Å². The first-order valence-electron chi connectivity index (χ1n) is 12.2. The van der Waals surface area contributed by atoms with E-state index in [1.807, 2.05) is 53.2 Å². The van der Waals surface area contributed by atoms with Gasteiger partial charge >= 0.3 is 0 Å². The smallest absolute Gasteiger partial charge is 0.254 e. The lowest BCUT2D eigenvalue weighted by atomic mass is 10.1. The summed E-state index contributed by atoms with van der Waals surface area (Å²) in [7, 11) is 3.19. The normalized spacial score (nSPS) is 10.8. The molecule has 198 valence electrons. The van der Waals surface area contributed by atoms with Gasteiger partial charge in [-0.15, -0.1) is 11.8 Å². The van der Waals surface area contributed by atoms with Gasteiger partial charge in [0.2, 0.25) is 5.91 Å². The Labute approximate surface area is 225 Å². The van der Waals surface area contributed by atoms with Crippen molar-refractivity contribution in [3.8, 4) is 11.5 Å². The molecule has 0 bridgehead atoms. The lowest BCUT2D eigenvalue weighted by Gasteiger charge is -2.10. The Hall–Kier alpha value is -3.98. The summed E-state index contributed by atoms with van der Waals surface area (Å²) >= 11 is 1.47. The van der Waals surface area contributed by atoms with Crippen LogP contribution in [-0.2, 0) is 17.8 Å². The maximum atomic E-state index is 13.9. The largest absolute Gasteiger partial charge is 0.493 e. The van der Waals surface area contributed by atoms with Gasteiger partial charge in [0.1, 0.15) is 5.82 Å². The van der Waals surface area contributed by atoms with Crippen LogP contribution in [0.4, 0.5) is 4.39 Å². The van der Waals surface area contributed by atoms with Crippen molar-refractivity contribution in [2.75, 3.05) is 33.1 Å². The lowest BCUT2D eigenvalue weighted by molar-refractivity contribution is -0.118. The van der Waals surface area contributed by atoms with Crippen molar-refractivity contribution in [3.05, 3.63) is 89.9 Å². The second-order valence-corrected chi connectivity index (χ2v) is 9.53. The summed E-state index contributed by atoms with van der Waals surface area (Å²) in [6.07, 6.45) is 2.66. The third-order valence-electron chi connectivity index (χ3n) is 6.05. The number of para-hydroxylation sites is 1. The van der Waals surface area contributed by atoms with E-state index in [1.54, 1.807) is 26.4 Å². The molecule has 0 fully saturated rings. The molecule has 0 aliphatic heterocycles. The van der Waals surface area contributed by atoms with Gasteiger partial charge in [-0.1, -0.05) is 36.4 Å². The molecule has 4 aromatic rings. The number of hydrogen-bond acceptors (Lipinski definition) is 5. The van der Waals surface area contributed by atoms with E-state index in [4.69, 9.17) is 9.47 Å². The summed E-state index contributed by atoms with van der Waals surface area (Å²) in [6.45, 7) is 1.36. The molecule has 2 amide bonds. The number of nitrogens with zero attached hydrogens (tertiary/aromatic N) is 1. The van der Waals surface area contributed by atoms with Crippen molar-refractivity contribution in [1.82, 2.24) is 15.2 Å². The van der Waals surface area contributed by atoms with Crippen LogP contribution in [0.1, 0.15) is 15.9 Å². The van der Waals surface area contributed by atoms with Crippen molar-refractivity contribution >= 4 is 34.5 Å². The summed E-state index contributed by atoms with van der Waals surface area (Å²) in [4.78, 5) is 25.8. The van der Waals surface area contributed by atoms with Crippen LogP contribution in [0.5, 0.6) is 11.5 Å². The Kier molecular flexibility index (Phi) is 9.26. The molecule has 0 aliphatic carbocycles. The first-order valence-corrected chi connectivity index (χ1v) is 13.2. The number of benzene rings is 3. The van der Waals surface area contributed by atoms with Gasteiger partial charge in [0.25, 0.3) is 5.91 Å². The lowest BCUT2D eigenvalue weighted by Crippen LogP contribution is -2.27. The van der Waals surface area contributed by atoms with Crippen molar-refractivity contribution in [2.45, 2.75) is 17.9 Å². The topological polar surface area (TPSA) is 81.6 Å². The SMILES string of the molecule is COc1ccc(CCNC(=O)CSc2cn(CCNC(=O)c3ccccc3F)c3ccccc23)cc1OC. The van der Waals surface area contributed by atoms with Gasteiger partial charge in [-0.25, -0.2) is 4.39 Å². The highest BCUT2D eigenvalue weighted by molar-refractivity contribution is 8.00. The van der Waals surface area contributed by atoms with E-state index in [2.05, 4.69) is 10.6 Å². The van der Waals surface area contributed by atoms with Crippen LogP contribution < -0.4 is 20.1 Å². The highest BCUT2D eigenvalue weighted by Gasteiger charge is 2.13. The van der Waals surface area contributed by atoms with E-state index in [1.165, 1.54) is 23.9 Å². The number of rotatable bonds is 12. The summed E-state index contributed by atoms with van der Waals surface area (Å²) < 4.78 is 26.5. The number of ether oxygens (including phenoxy) is 2. The van der Waals surface area contributed by atoms with Gasteiger partial charge in [-0.05, 0) is 42.3 Å². The average Bonchev–Trinajstić information content (AvgIpc) is 3.29. The number of methoxy groups -OCH3 is 2. The fourth-order valence-electron chi connectivity index (χ4n) is 4.12. The maximum Gasteiger partial charge on any atom is 0.254 e. The molecule has 3 aromatic carbocycles. The van der Waals surface area contributed by atoms with Gasteiger partial charge in [-0.2, -0.15) is 0 Å². The van der Waals surface area contributed by atoms with Crippen molar-refractivity contribution < 1.29 is 23.5 Å². The van der Waals surface area contributed by atoms with Gasteiger partial charge in [0.05, 0.1) is 25.5 Å². The average molecular weight is 536 g/mol. The molecular weight excluding hydrogens is 505 g/mol. The second-order valence-electron chi connectivity index (χ2n) is 8.52. The molecule has 2 N–H and O–H groups in total. The zero-order valence-corrected chi connectivity index (χ0v) is 22.1. The molecule has 0 spiro atoms. The van der Waals surface area contributed by atoms with E-state index in [0.29, 0.717) is 37.6 Å². The number of fused-ring (bicyclic) bond motifs is 1. The standard InChI is InChI=1S/C29H30FN3O4S/c1-36-25-12-11-20(17-26(25)37-2)13-14-31-28(34)19-38-27-18-33(24-10-6-4-8-22(24)27)16-15-32-29(35)21-7-3-5-9-23(21)30/h3-12,17-18H,13-16,19H2,1-2H3,(H,31,34)(H,32,35). The molecule has 7 nitrogen and oxygen atoms in total. The first-order chi connectivity index (χ1) is 18.5. The fourth-order valence-corrected chi connectivity index (χ4v) is 5.04. The van der Waals surface area contributed by atoms with E-state index in [0.717, 1.165) is 21.4 Å². The molecule has 0 radical (unpaired) electrons. The van der Waals surface area contributed by atoms with Crippen LogP contribution in [0.25, 0.3) is 10.9 Å². The Balaban J connectivity index is 1.30.